The minimum atomic E-state index is -0.761. The van der Waals surface area contributed by atoms with Gasteiger partial charge >= 0.3 is 5.97 Å². The average molecular weight is 572 g/mol. The van der Waals surface area contributed by atoms with Gasteiger partial charge in [-0.15, -0.1) is 0 Å². The fraction of sp³-hybridized carbons (Fsp3) is 0.500. The summed E-state index contributed by atoms with van der Waals surface area (Å²) in [4.78, 5) is 30.7. The van der Waals surface area contributed by atoms with E-state index in [1.165, 1.54) is 18.2 Å². The third kappa shape index (κ3) is 6.68. The molecule has 0 spiro atoms. The molecule has 1 aliphatic heterocycles. The third-order valence-corrected chi connectivity index (χ3v) is 8.13. The molecule has 11 heteroatoms. The lowest BCUT2D eigenvalue weighted by Gasteiger charge is -2.30. The number of fused-ring (bicyclic) bond motifs is 1. The number of benzene rings is 2. The van der Waals surface area contributed by atoms with Crippen molar-refractivity contribution in [3.05, 3.63) is 53.1 Å². The molecule has 0 bridgehead atoms. The summed E-state index contributed by atoms with van der Waals surface area (Å²) in [6, 6.07) is 7.23. The summed E-state index contributed by atoms with van der Waals surface area (Å²) in [5, 5.41) is 12.1. The van der Waals surface area contributed by atoms with Crippen LogP contribution in [0.4, 0.5) is 20.5 Å². The summed E-state index contributed by atoms with van der Waals surface area (Å²) in [5.41, 5.74) is 1.61. The minimum absolute atomic E-state index is 0.0210. The number of oxazole rings is 1. The molecule has 1 aromatic heterocycles. The first-order chi connectivity index (χ1) is 19.7. The highest BCUT2D eigenvalue weighted by atomic mass is 19.1. The zero-order valence-corrected chi connectivity index (χ0v) is 23.2. The largest absolute Gasteiger partial charge is 0.481 e. The Hall–Kier alpha value is -3.57. The molecular weight excluding hydrogens is 536 g/mol. The van der Waals surface area contributed by atoms with Gasteiger partial charge in [-0.05, 0) is 62.8 Å². The van der Waals surface area contributed by atoms with Crippen LogP contribution in [0.2, 0.25) is 0 Å². The number of aryl methyl sites for hydroxylation is 1. The molecule has 0 radical (unpaired) electrons. The number of likely N-dealkylation sites (tertiary alicyclic amines) is 1. The molecule has 41 heavy (non-hydrogen) atoms. The predicted molar refractivity (Wildman–Crippen MR) is 147 cm³/mol. The number of carboxylic acid groups (broad SMARTS) is 1. The van der Waals surface area contributed by atoms with E-state index in [9.17, 15) is 19.1 Å². The van der Waals surface area contributed by atoms with Crippen LogP contribution in [0.15, 0.2) is 34.7 Å². The SMILES string of the molecule is COC[C@H]1C[C@@H](COC2CCC(C(=O)O)CC2)N(C(=O)Cc2ccc3nc(Nc4cc(F)ccc4C)oc3c2F)C1. The number of rotatable bonds is 10. The Morgan fingerprint density at radius 3 is 2.66 bits per heavy atom. The van der Waals surface area contributed by atoms with Crippen LogP contribution in [0, 0.1) is 30.4 Å². The van der Waals surface area contributed by atoms with E-state index in [2.05, 4.69) is 10.3 Å². The number of nitrogens with one attached hydrogen (secondary N) is 1. The number of aliphatic carboxylic acids is 1. The summed E-state index contributed by atoms with van der Waals surface area (Å²) in [6.07, 6.45) is 3.05. The second kappa shape index (κ2) is 12.5. The molecule has 5 rings (SSSR count). The lowest BCUT2D eigenvalue weighted by Crippen LogP contribution is -2.40. The van der Waals surface area contributed by atoms with Gasteiger partial charge in [0.05, 0.1) is 37.7 Å². The first-order valence-electron chi connectivity index (χ1n) is 14.0. The Balaban J connectivity index is 1.26. The van der Waals surface area contributed by atoms with Crippen LogP contribution in [0.5, 0.6) is 0 Å². The van der Waals surface area contributed by atoms with Crippen LogP contribution in [-0.4, -0.2) is 65.9 Å². The fourth-order valence-corrected chi connectivity index (χ4v) is 5.86. The Morgan fingerprint density at radius 1 is 1.15 bits per heavy atom. The highest BCUT2D eigenvalue weighted by Gasteiger charge is 2.36. The zero-order chi connectivity index (χ0) is 29.1. The van der Waals surface area contributed by atoms with Gasteiger partial charge in [0, 0.05) is 30.8 Å². The van der Waals surface area contributed by atoms with E-state index in [1.54, 1.807) is 31.1 Å². The number of hydrogen-bond acceptors (Lipinski definition) is 7. The second-order valence-corrected chi connectivity index (χ2v) is 11.1. The molecule has 1 aliphatic carbocycles. The van der Waals surface area contributed by atoms with Crippen molar-refractivity contribution in [1.29, 1.82) is 0 Å². The van der Waals surface area contributed by atoms with Crippen molar-refractivity contribution < 1.29 is 37.4 Å². The van der Waals surface area contributed by atoms with Crippen LogP contribution >= 0.6 is 0 Å². The number of carboxylic acids is 1. The van der Waals surface area contributed by atoms with Crippen LogP contribution in [0.3, 0.4) is 0 Å². The normalized spacial score (nSPS) is 22.8. The maximum absolute atomic E-state index is 15.5. The lowest BCUT2D eigenvalue weighted by atomic mass is 9.87. The molecule has 2 aliphatic rings. The van der Waals surface area contributed by atoms with Crippen molar-refractivity contribution in [2.45, 2.75) is 57.6 Å². The molecule has 2 aromatic carbocycles. The molecule has 1 saturated heterocycles. The first-order valence-corrected chi connectivity index (χ1v) is 14.0. The second-order valence-electron chi connectivity index (χ2n) is 11.1. The van der Waals surface area contributed by atoms with Gasteiger partial charge in [0.25, 0.3) is 6.01 Å². The topological polar surface area (TPSA) is 114 Å². The molecule has 220 valence electrons. The molecule has 2 atom stereocenters. The molecule has 9 nitrogen and oxygen atoms in total. The molecule has 1 amide bonds. The Labute approximate surface area is 236 Å². The Kier molecular flexibility index (Phi) is 8.84. The van der Waals surface area contributed by atoms with E-state index >= 15 is 4.39 Å². The number of carbonyl (C=O) groups is 2. The van der Waals surface area contributed by atoms with Crippen molar-refractivity contribution in [2.24, 2.45) is 11.8 Å². The molecule has 2 fully saturated rings. The maximum Gasteiger partial charge on any atom is 0.306 e. The number of amides is 1. The summed E-state index contributed by atoms with van der Waals surface area (Å²) in [5.74, 6) is -2.25. The molecule has 3 aromatic rings. The monoisotopic (exact) mass is 571 g/mol. The summed E-state index contributed by atoms with van der Waals surface area (Å²) < 4.78 is 46.3. The Morgan fingerprint density at radius 2 is 1.93 bits per heavy atom. The fourth-order valence-electron chi connectivity index (χ4n) is 5.86. The third-order valence-electron chi connectivity index (χ3n) is 8.13. The summed E-state index contributed by atoms with van der Waals surface area (Å²) in [6.45, 7) is 3.13. The summed E-state index contributed by atoms with van der Waals surface area (Å²) in [7, 11) is 1.62. The van der Waals surface area contributed by atoms with Crippen LogP contribution in [-0.2, 0) is 25.5 Å². The number of methoxy groups -OCH3 is 1. The van der Waals surface area contributed by atoms with Gasteiger partial charge in [-0.1, -0.05) is 12.1 Å². The molecule has 2 N–H and O–H groups in total. The number of halogens is 2. The number of hydrogen-bond donors (Lipinski definition) is 2. The van der Waals surface area contributed by atoms with Gasteiger partial charge in [0.15, 0.2) is 11.4 Å². The van der Waals surface area contributed by atoms with Crippen LogP contribution in [0.1, 0.15) is 43.2 Å². The van der Waals surface area contributed by atoms with Crippen molar-refractivity contribution in [3.63, 3.8) is 0 Å². The van der Waals surface area contributed by atoms with Gasteiger partial charge in [-0.3, -0.25) is 9.59 Å². The van der Waals surface area contributed by atoms with Crippen LogP contribution in [0.25, 0.3) is 11.1 Å². The van der Waals surface area contributed by atoms with Gasteiger partial charge < -0.3 is 29.2 Å². The summed E-state index contributed by atoms with van der Waals surface area (Å²) >= 11 is 0. The number of ether oxygens (including phenoxy) is 2. The van der Waals surface area contributed by atoms with Crippen molar-refractivity contribution in [3.8, 4) is 0 Å². The van der Waals surface area contributed by atoms with Crippen molar-refractivity contribution in [1.82, 2.24) is 9.88 Å². The van der Waals surface area contributed by atoms with Crippen molar-refractivity contribution >= 4 is 34.7 Å². The minimum Gasteiger partial charge on any atom is -0.481 e. The molecule has 2 heterocycles. The lowest BCUT2D eigenvalue weighted by molar-refractivity contribution is -0.144. The maximum atomic E-state index is 15.5. The standard InChI is InChI=1S/C30H35F2N3O6/c1-17-3-7-21(31)13-25(17)34-30-33-24-10-6-20(27(32)28(24)41-30)12-26(36)35-14-18(15-39-2)11-22(35)16-40-23-8-4-19(5-9-23)29(37)38/h3,6-7,10,13,18-19,22-23H,4-5,8-9,11-12,14-16H2,1-2H3,(H,33,34)(H,37,38)/t18-,19?,22-,23?/m0/s1. The predicted octanol–water partition coefficient (Wildman–Crippen LogP) is 5.22. The molecular formula is C30H35F2N3O6. The highest BCUT2D eigenvalue weighted by Crippen LogP contribution is 2.31. The van der Waals surface area contributed by atoms with E-state index in [-0.39, 0.29) is 59.0 Å². The first kappa shape index (κ1) is 28.9. The molecule has 1 saturated carbocycles. The van der Waals surface area contributed by atoms with Gasteiger partial charge in [-0.2, -0.15) is 4.98 Å². The number of carbonyl (C=O) groups excluding carboxylic acids is 1. The van der Waals surface area contributed by atoms with Crippen molar-refractivity contribution in [2.75, 3.05) is 32.2 Å². The molecule has 0 unspecified atom stereocenters. The Bertz CT molecular complexity index is 1400. The quantitative estimate of drug-likeness (QED) is 0.340. The number of aromatic nitrogens is 1. The number of anilines is 2. The number of nitrogens with zero attached hydrogens (tertiary/aromatic N) is 2. The van der Waals surface area contributed by atoms with Gasteiger partial charge in [-0.25, -0.2) is 8.78 Å². The van der Waals surface area contributed by atoms with Crippen LogP contribution < -0.4 is 5.32 Å². The zero-order valence-electron chi connectivity index (χ0n) is 23.2. The van der Waals surface area contributed by atoms with Gasteiger partial charge in [0.2, 0.25) is 5.91 Å². The van der Waals surface area contributed by atoms with E-state index < -0.39 is 17.6 Å². The van der Waals surface area contributed by atoms with E-state index in [0.717, 1.165) is 5.56 Å². The average Bonchev–Trinajstić information content (AvgIpc) is 3.56. The van der Waals surface area contributed by atoms with E-state index in [4.69, 9.17) is 13.9 Å². The highest BCUT2D eigenvalue weighted by molar-refractivity contribution is 5.83. The van der Waals surface area contributed by atoms with E-state index in [1.807, 2.05) is 0 Å². The van der Waals surface area contributed by atoms with Gasteiger partial charge in [0.1, 0.15) is 11.3 Å². The smallest absolute Gasteiger partial charge is 0.306 e. The van der Waals surface area contributed by atoms with E-state index in [0.29, 0.717) is 57.6 Å².